The number of hydrogen-bond acceptors (Lipinski definition) is 4. The number of carbonyl (C=O) groups excluding carboxylic acids is 1. The molecule has 29 heavy (non-hydrogen) atoms. The number of phenols is 1. The molecule has 0 fully saturated rings. The van der Waals surface area contributed by atoms with Gasteiger partial charge in [-0.15, -0.1) is 0 Å². The molecule has 0 unspecified atom stereocenters. The van der Waals surface area contributed by atoms with Crippen molar-refractivity contribution in [2.45, 2.75) is 58.5 Å². The van der Waals surface area contributed by atoms with Crippen LogP contribution in [0.1, 0.15) is 67.1 Å². The number of carbonyl (C=O) groups is 1. The molecule has 0 amide bonds. The molecule has 2 aromatic carbocycles. The predicted octanol–water partition coefficient (Wildman–Crippen LogP) is 5.36. The van der Waals surface area contributed by atoms with Gasteiger partial charge in [-0.05, 0) is 76.3 Å². The fourth-order valence-corrected chi connectivity index (χ4v) is 4.05. The largest absolute Gasteiger partial charge is 0.508 e. The first kappa shape index (κ1) is 19.6. The van der Waals surface area contributed by atoms with Gasteiger partial charge in [-0.25, -0.2) is 0 Å². The van der Waals surface area contributed by atoms with E-state index in [0.29, 0.717) is 23.3 Å². The van der Waals surface area contributed by atoms with Crippen LogP contribution < -0.4 is 9.47 Å². The molecule has 1 atom stereocenters. The first-order valence-electron chi connectivity index (χ1n) is 10.2. The second kappa shape index (κ2) is 7.25. The van der Waals surface area contributed by atoms with Crippen molar-refractivity contribution >= 4 is 5.78 Å². The molecular formula is C25H28O4. The normalized spacial score (nSPS) is 19.4. The van der Waals surface area contributed by atoms with Crippen molar-refractivity contribution in [1.29, 1.82) is 0 Å². The number of rotatable bonds is 3. The van der Waals surface area contributed by atoms with Crippen molar-refractivity contribution in [1.82, 2.24) is 0 Å². The summed E-state index contributed by atoms with van der Waals surface area (Å²) in [5.41, 5.74) is 4.34. The van der Waals surface area contributed by atoms with Crippen molar-refractivity contribution in [3.05, 3.63) is 64.2 Å². The molecule has 2 aliphatic heterocycles. The highest BCUT2D eigenvalue weighted by Crippen LogP contribution is 2.41. The zero-order valence-corrected chi connectivity index (χ0v) is 17.5. The van der Waals surface area contributed by atoms with Crippen LogP contribution in [0, 0.1) is 0 Å². The SMILES string of the molecule is CC(C)=CCc1c(O)ccc2c1OC[C@@H](c1ccc3c(c1)CCC(C)(C)O3)C2=O. The van der Waals surface area contributed by atoms with Crippen molar-refractivity contribution < 1.29 is 19.4 Å². The van der Waals surface area contributed by atoms with Crippen LogP contribution in [0.2, 0.25) is 0 Å². The van der Waals surface area contributed by atoms with Crippen molar-refractivity contribution in [2.75, 3.05) is 6.61 Å². The molecule has 0 aliphatic carbocycles. The predicted molar refractivity (Wildman–Crippen MR) is 113 cm³/mol. The third kappa shape index (κ3) is 3.76. The Kier molecular flexibility index (Phi) is 4.89. The monoisotopic (exact) mass is 392 g/mol. The van der Waals surface area contributed by atoms with Gasteiger partial charge in [-0.2, -0.15) is 0 Å². The summed E-state index contributed by atoms with van der Waals surface area (Å²) in [6.07, 6.45) is 4.46. The Morgan fingerprint density at radius 1 is 1.24 bits per heavy atom. The van der Waals surface area contributed by atoms with Gasteiger partial charge in [0.2, 0.25) is 0 Å². The molecular weight excluding hydrogens is 364 g/mol. The topological polar surface area (TPSA) is 55.8 Å². The van der Waals surface area contributed by atoms with Gasteiger partial charge in [0.25, 0.3) is 0 Å². The molecule has 1 N–H and O–H groups in total. The number of hydrogen-bond donors (Lipinski definition) is 1. The molecule has 2 aliphatic rings. The fraction of sp³-hybridized carbons (Fsp3) is 0.400. The zero-order valence-electron chi connectivity index (χ0n) is 17.5. The Morgan fingerprint density at radius 3 is 2.79 bits per heavy atom. The molecule has 4 rings (SSSR count). The Balaban J connectivity index is 1.65. The Morgan fingerprint density at radius 2 is 2.03 bits per heavy atom. The van der Waals surface area contributed by atoms with E-state index in [2.05, 4.69) is 19.9 Å². The summed E-state index contributed by atoms with van der Waals surface area (Å²) in [6, 6.07) is 9.31. The molecule has 2 heterocycles. The van der Waals surface area contributed by atoms with E-state index < -0.39 is 0 Å². The fourth-order valence-electron chi connectivity index (χ4n) is 4.05. The number of phenolic OH excluding ortho intramolecular Hbond substituents is 1. The number of fused-ring (bicyclic) bond motifs is 2. The quantitative estimate of drug-likeness (QED) is 0.714. The molecule has 4 heteroatoms. The Hall–Kier alpha value is -2.75. The maximum atomic E-state index is 13.3. The molecule has 0 aromatic heterocycles. The summed E-state index contributed by atoms with van der Waals surface area (Å²) >= 11 is 0. The molecule has 2 aromatic rings. The minimum absolute atomic E-state index is 0.0432. The number of aromatic hydroxyl groups is 1. The summed E-state index contributed by atoms with van der Waals surface area (Å²) in [5.74, 6) is 1.29. The molecule has 152 valence electrons. The first-order chi connectivity index (χ1) is 13.7. The number of benzene rings is 2. The lowest BCUT2D eigenvalue weighted by Crippen LogP contribution is -2.33. The van der Waals surface area contributed by atoms with Gasteiger partial charge in [-0.3, -0.25) is 4.79 Å². The van der Waals surface area contributed by atoms with Crippen LogP contribution in [0.3, 0.4) is 0 Å². The highest BCUT2D eigenvalue weighted by atomic mass is 16.5. The standard InChI is InChI=1S/C25H28O4/c1-15(2)5-7-18-21(26)9-8-19-23(27)20(14-28-24(18)19)16-6-10-22-17(13-16)11-12-25(3,4)29-22/h5-6,8-10,13,20,26H,7,11-12,14H2,1-4H3/t20-/m0/s1. The van der Waals surface area contributed by atoms with Gasteiger partial charge in [0, 0.05) is 5.56 Å². The van der Waals surface area contributed by atoms with Gasteiger partial charge in [0.05, 0.1) is 11.5 Å². The average Bonchev–Trinajstić information content (AvgIpc) is 2.66. The lowest BCUT2D eigenvalue weighted by molar-refractivity contribution is 0.0839. The van der Waals surface area contributed by atoms with Gasteiger partial charge >= 0.3 is 0 Å². The van der Waals surface area contributed by atoms with Crippen molar-refractivity contribution in [3.63, 3.8) is 0 Å². The zero-order chi connectivity index (χ0) is 20.8. The van der Waals surface area contributed by atoms with Crippen LogP contribution >= 0.6 is 0 Å². The van der Waals surface area contributed by atoms with E-state index in [1.165, 1.54) is 0 Å². The summed E-state index contributed by atoms with van der Waals surface area (Å²) in [4.78, 5) is 13.3. The van der Waals surface area contributed by atoms with Crippen LogP contribution in [-0.4, -0.2) is 23.1 Å². The Labute approximate surface area is 172 Å². The van der Waals surface area contributed by atoms with Crippen molar-refractivity contribution in [3.8, 4) is 17.2 Å². The summed E-state index contributed by atoms with van der Waals surface area (Å²) in [6.45, 7) is 8.50. The lowest BCUT2D eigenvalue weighted by Gasteiger charge is -2.33. The van der Waals surface area contributed by atoms with E-state index >= 15 is 0 Å². The van der Waals surface area contributed by atoms with E-state index in [9.17, 15) is 9.90 Å². The van der Waals surface area contributed by atoms with Crippen LogP contribution in [0.5, 0.6) is 17.2 Å². The molecule has 0 radical (unpaired) electrons. The smallest absolute Gasteiger partial charge is 0.177 e. The van der Waals surface area contributed by atoms with E-state index in [-0.39, 0.29) is 29.7 Å². The molecule has 4 nitrogen and oxygen atoms in total. The summed E-state index contributed by atoms with van der Waals surface area (Å²) in [5, 5.41) is 10.3. The molecule has 0 bridgehead atoms. The number of allylic oxidation sites excluding steroid dienone is 2. The van der Waals surface area contributed by atoms with Gasteiger partial charge < -0.3 is 14.6 Å². The van der Waals surface area contributed by atoms with Gasteiger partial charge in [0.15, 0.2) is 5.78 Å². The van der Waals surface area contributed by atoms with Gasteiger partial charge in [0.1, 0.15) is 29.5 Å². The van der Waals surface area contributed by atoms with Crippen LogP contribution in [0.4, 0.5) is 0 Å². The highest BCUT2D eigenvalue weighted by molar-refractivity contribution is 6.04. The van der Waals surface area contributed by atoms with E-state index in [0.717, 1.165) is 35.3 Å². The number of ether oxygens (including phenoxy) is 2. The third-order valence-corrected chi connectivity index (χ3v) is 5.80. The number of Topliss-reactive ketones (excluding diaryl/α,β-unsaturated/α-hetero) is 1. The minimum Gasteiger partial charge on any atom is -0.508 e. The number of ketones is 1. The number of aryl methyl sites for hydroxylation is 1. The summed E-state index contributed by atoms with van der Waals surface area (Å²) in [7, 11) is 0. The van der Waals surface area contributed by atoms with E-state index in [1.807, 2.05) is 32.1 Å². The Bertz CT molecular complexity index is 996. The molecule has 0 spiro atoms. The minimum atomic E-state index is -0.344. The van der Waals surface area contributed by atoms with E-state index in [4.69, 9.17) is 9.47 Å². The first-order valence-corrected chi connectivity index (χ1v) is 10.2. The van der Waals surface area contributed by atoms with Crippen molar-refractivity contribution in [2.24, 2.45) is 0 Å². The van der Waals surface area contributed by atoms with Crippen LogP contribution in [0.15, 0.2) is 42.0 Å². The second-order valence-corrected chi connectivity index (χ2v) is 8.88. The van der Waals surface area contributed by atoms with Gasteiger partial charge in [-0.1, -0.05) is 23.8 Å². The summed E-state index contributed by atoms with van der Waals surface area (Å²) < 4.78 is 12.1. The maximum absolute atomic E-state index is 13.3. The molecule has 0 saturated heterocycles. The highest BCUT2D eigenvalue weighted by Gasteiger charge is 2.34. The lowest BCUT2D eigenvalue weighted by atomic mass is 9.85. The van der Waals surface area contributed by atoms with Crippen LogP contribution in [-0.2, 0) is 12.8 Å². The molecule has 0 saturated carbocycles. The van der Waals surface area contributed by atoms with E-state index in [1.54, 1.807) is 12.1 Å². The average molecular weight is 392 g/mol. The third-order valence-electron chi connectivity index (χ3n) is 5.80. The maximum Gasteiger partial charge on any atom is 0.177 e. The second-order valence-electron chi connectivity index (χ2n) is 8.88. The van der Waals surface area contributed by atoms with Crippen LogP contribution in [0.25, 0.3) is 0 Å².